The number of carbonyl (C=O) groups excluding carboxylic acids is 1. The largest absolute Gasteiger partial charge is 0.480 e. The number of hydrogen-bond donors (Lipinski definition) is 4. The zero-order chi connectivity index (χ0) is 14.0. The van der Waals surface area contributed by atoms with E-state index in [9.17, 15) is 14.4 Å². The molecule has 0 heterocycles. The van der Waals surface area contributed by atoms with Crippen LogP contribution in [0.15, 0.2) is 30.3 Å². The van der Waals surface area contributed by atoms with E-state index in [0.29, 0.717) is 5.56 Å². The topological polar surface area (TPSA) is 130 Å². The van der Waals surface area contributed by atoms with Crippen molar-refractivity contribution < 1.29 is 24.6 Å². The first-order valence-corrected chi connectivity index (χ1v) is 4.94. The molecule has 1 aromatic carbocycles. The molecule has 98 valence electrons. The van der Waals surface area contributed by atoms with E-state index in [0.717, 1.165) is 0 Å². The van der Waals surface area contributed by atoms with Gasteiger partial charge >= 0.3 is 11.9 Å². The predicted octanol–water partition coefficient (Wildman–Crippen LogP) is -0.469. The number of amides is 1. The number of carboxylic acids is 2. The Morgan fingerprint density at radius 2 is 1.67 bits per heavy atom. The maximum absolute atomic E-state index is 10.2. The van der Waals surface area contributed by atoms with Gasteiger partial charge in [0.15, 0.2) is 0 Å². The molecule has 0 radical (unpaired) electrons. The van der Waals surface area contributed by atoms with Gasteiger partial charge < -0.3 is 21.3 Å². The molecule has 1 rings (SSSR count). The summed E-state index contributed by atoms with van der Waals surface area (Å²) in [5.41, 5.74) is 5.18. The van der Waals surface area contributed by atoms with Gasteiger partial charge in [-0.1, -0.05) is 18.2 Å². The number of carboxylic acid groups (broad SMARTS) is 2. The van der Waals surface area contributed by atoms with Gasteiger partial charge in [-0.25, -0.2) is 4.79 Å². The minimum Gasteiger partial charge on any atom is -0.480 e. The summed E-state index contributed by atoms with van der Waals surface area (Å²) >= 11 is 0. The van der Waals surface area contributed by atoms with Gasteiger partial charge in [0.2, 0.25) is 5.91 Å². The van der Waals surface area contributed by atoms with Crippen LogP contribution >= 0.6 is 0 Å². The normalized spacial score (nSPS) is 8.72. The van der Waals surface area contributed by atoms with Crippen LogP contribution in [0.5, 0.6) is 0 Å². The molecule has 0 fully saturated rings. The highest BCUT2D eigenvalue weighted by molar-refractivity contribution is 5.87. The second-order valence-electron chi connectivity index (χ2n) is 3.05. The highest BCUT2D eigenvalue weighted by Crippen LogP contribution is 1.96. The lowest BCUT2D eigenvalue weighted by Gasteiger charge is -1.95. The number of hydrogen-bond acceptors (Lipinski definition) is 4. The Morgan fingerprint density at radius 1 is 1.11 bits per heavy atom. The molecule has 0 aliphatic carbocycles. The molecule has 0 saturated carbocycles. The maximum Gasteiger partial charge on any atom is 0.335 e. The quantitative estimate of drug-likeness (QED) is 0.574. The second-order valence-corrected chi connectivity index (χ2v) is 3.05. The summed E-state index contributed by atoms with van der Waals surface area (Å²) in [4.78, 5) is 30.2. The molecule has 0 aromatic heterocycles. The molecule has 0 aliphatic rings. The van der Waals surface area contributed by atoms with Crippen LogP contribution in [-0.4, -0.2) is 41.1 Å². The van der Waals surface area contributed by atoms with Crippen molar-refractivity contribution in [1.82, 2.24) is 5.32 Å². The van der Waals surface area contributed by atoms with Crippen LogP contribution in [-0.2, 0) is 9.59 Å². The highest BCUT2D eigenvalue weighted by Gasteiger charge is 1.98. The van der Waals surface area contributed by atoms with Crippen LogP contribution in [0.2, 0.25) is 0 Å². The minimum atomic E-state index is -1.07. The highest BCUT2D eigenvalue weighted by atomic mass is 16.4. The molecular weight excluding hydrogens is 240 g/mol. The Morgan fingerprint density at radius 3 is 2.00 bits per heavy atom. The fourth-order valence-corrected chi connectivity index (χ4v) is 0.827. The summed E-state index contributed by atoms with van der Waals surface area (Å²) in [6.45, 7) is -0.538. The first kappa shape index (κ1) is 15.6. The molecule has 0 bridgehead atoms. The molecule has 0 spiro atoms. The number of benzene rings is 1. The minimum absolute atomic E-state index is 0.173. The lowest BCUT2D eigenvalue weighted by molar-refractivity contribution is -0.137. The number of nitrogens with one attached hydrogen (secondary N) is 1. The summed E-state index contributed by atoms with van der Waals surface area (Å²) in [5.74, 6) is -2.41. The van der Waals surface area contributed by atoms with E-state index in [-0.39, 0.29) is 13.1 Å². The van der Waals surface area contributed by atoms with Gasteiger partial charge in [-0.2, -0.15) is 0 Å². The van der Waals surface area contributed by atoms with E-state index in [2.05, 4.69) is 5.32 Å². The molecule has 5 N–H and O–H groups in total. The molecule has 1 amide bonds. The number of carbonyl (C=O) groups is 3. The van der Waals surface area contributed by atoms with E-state index >= 15 is 0 Å². The smallest absolute Gasteiger partial charge is 0.335 e. The molecule has 0 aliphatic heterocycles. The molecule has 1 aromatic rings. The predicted molar refractivity (Wildman–Crippen MR) is 63.1 cm³/mol. The Bertz CT molecular complexity index is 405. The first-order chi connectivity index (χ1) is 8.47. The molecule has 7 nitrogen and oxygen atoms in total. The van der Waals surface area contributed by atoms with Crippen molar-refractivity contribution in [2.45, 2.75) is 0 Å². The van der Waals surface area contributed by atoms with Gasteiger partial charge in [0.1, 0.15) is 6.54 Å². The van der Waals surface area contributed by atoms with Crippen molar-refractivity contribution >= 4 is 17.8 Å². The zero-order valence-electron chi connectivity index (χ0n) is 9.50. The Labute approximate surface area is 103 Å². The summed E-state index contributed by atoms with van der Waals surface area (Å²) in [7, 11) is 0. The summed E-state index contributed by atoms with van der Waals surface area (Å²) in [6.07, 6.45) is 0. The molecule has 0 atom stereocenters. The first-order valence-electron chi connectivity index (χ1n) is 4.94. The van der Waals surface area contributed by atoms with Crippen LogP contribution in [0, 0.1) is 0 Å². The van der Waals surface area contributed by atoms with Crippen molar-refractivity contribution in [2.75, 3.05) is 13.1 Å². The fourth-order valence-electron chi connectivity index (χ4n) is 0.827. The lowest BCUT2D eigenvalue weighted by atomic mass is 10.2. The van der Waals surface area contributed by atoms with E-state index in [1.165, 1.54) is 0 Å². The van der Waals surface area contributed by atoms with E-state index in [4.69, 9.17) is 15.9 Å². The number of rotatable bonds is 4. The third kappa shape index (κ3) is 7.83. The van der Waals surface area contributed by atoms with Crippen LogP contribution in [0.3, 0.4) is 0 Å². The van der Waals surface area contributed by atoms with Crippen LogP contribution in [0.4, 0.5) is 0 Å². The number of nitrogens with two attached hydrogens (primary N) is 1. The lowest BCUT2D eigenvalue weighted by Crippen LogP contribution is -2.34. The summed E-state index contributed by atoms with van der Waals surface area (Å²) < 4.78 is 0. The maximum atomic E-state index is 10.2. The molecule has 0 unspecified atom stereocenters. The van der Waals surface area contributed by atoms with E-state index in [1.54, 1.807) is 30.3 Å². The number of aliphatic carboxylic acids is 1. The van der Waals surface area contributed by atoms with Crippen LogP contribution in [0.25, 0.3) is 0 Å². The molecule has 0 saturated heterocycles. The Kier molecular flexibility index (Phi) is 7.54. The van der Waals surface area contributed by atoms with E-state index in [1.807, 2.05) is 0 Å². The third-order valence-corrected chi connectivity index (χ3v) is 1.64. The van der Waals surface area contributed by atoms with Crippen molar-refractivity contribution in [2.24, 2.45) is 5.73 Å². The van der Waals surface area contributed by atoms with Gasteiger partial charge in [0.25, 0.3) is 0 Å². The van der Waals surface area contributed by atoms with E-state index < -0.39 is 17.8 Å². The van der Waals surface area contributed by atoms with Gasteiger partial charge in [0, 0.05) is 0 Å². The summed E-state index contributed by atoms with van der Waals surface area (Å²) in [6, 6.07) is 8.30. The van der Waals surface area contributed by atoms with Gasteiger partial charge in [0.05, 0.1) is 12.1 Å². The standard InChI is InChI=1S/C7H6O2.C4H8N2O3/c8-7(9)6-4-2-1-3-5-6;5-1-3(7)6-2-4(8)9/h1-5H,(H,8,9);1-2,5H2,(H,6,7)(H,8,9). The van der Waals surface area contributed by atoms with Crippen molar-refractivity contribution in [3.8, 4) is 0 Å². The molecule has 7 heteroatoms. The average Bonchev–Trinajstić information content (AvgIpc) is 2.37. The number of aromatic carboxylic acids is 1. The second kappa shape index (κ2) is 8.71. The van der Waals surface area contributed by atoms with Crippen molar-refractivity contribution in [3.63, 3.8) is 0 Å². The summed E-state index contributed by atoms with van der Waals surface area (Å²) in [5, 5.41) is 18.5. The average molecular weight is 254 g/mol. The monoisotopic (exact) mass is 254 g/mol. The Balaban J connectivity index is 0.000000321. The van der Waals surface area contributed by atoms with Gasteiger partial charge in [-0.3, -0.25) is 9.59 Å². The van der Waals surface area contributed by atoms with Crippen molar-refractivity contribution in [3.05, 3.63) is 35.9 Å². The van der Waals surface area contributed by atoms with Crippen LogP contribution < -0.4 is 11.1 Å². The zero-order valence-corrected chi connectivity index (χ0v) is 9.50. The van der Waals surface area contributed by atoms with Crippen molar-refractivity contribution in [1.29, 1.82) is 0 Å². The SMILES string of the molecule is NCC(=O)NCC(=O)O.O=C(O)c1ccccc1. The third-order valence-electron chi connectivity index (χ3n) is 1.64. The van der Waals surface area contributed by atoms with Crippen LogP contribution in [0.1, 0.15) is 10.4 Å². The fraction of sp³-hybridized carbons (Fsp3) is 0.182. The van der Waals surface area contributed by atoms with Gasteiger partial charge in [-0.05, 0) is 12.1 Å². The molecule has 18 heavy (non-hydrogen) atoms. The molecular formula is C11H14N2O5. The Hall–Kier alpha value is -2.41. The van der Waals surface area contributed by atoms with Gasteiger partial charge in [-0.15, -0.1) is 0 Å².